The molecule has 0 aliphatic heterocycles. The number of carbonyl (C=O) groups excluding carboxylic acids is 1. The molecule has 0 aromatic carbocycles. The molecule has 0 aromatic heterocycles. The summed E-state index contributed by atoms with van der Waals surface area (Å²) < 4.78 is 0. The molecular weight excluding hydrogens is 260 g/mol. The summed E-state index contributed by atoms with van der Waals surface area (Å²) in [6.45, 7) is 0. The summed E-state index contributed by atoms with van der Waals surface area (Å²) in [7, 11) is 0. The standard InChI is InChI=1S/C18H30N2O/c19-16-8-3-1-2-5-14(16)18(21)20-17-10-11-9-15(17)13-7-4-6-12(11)13/h11-17H,1-10,19H2,(H,20,21). The summed E-state index contributed by atoms with van der Waals surface area (Å²) in [5.74, 6) is 3.98. The summed E-state index contributed by atoms with van der Waals surface area (Å²) in [6, 6.07) is 0.558. The van der Waals surface area contributed by atoms with Crippen molar-refractivity contribution in [2.75, 3.05) is 0 Å². The van der Waals surface area contributed by atoms with Crippen molar-refractivity contribution in [3.05, 3.63) is 0 Å². The van der Waals surface area contributed by atoms with Gasteiger partial charge >= 0.3 is 0 Å². The van der Waals surface area contributed by atoms with Gasteiger partial charge in [-0.25, -0.2) is 0 Å². The lowest BCUT2D eigenvalue weighted by molar-refractivity contribution is -0.127. The Morgan fingerprint density at radius 1 is 0.857 bits per heavy atom. The maximum absolute atomic E-state index is 12.7. The number of nitrogens with one attached hydrogen (secondary N) is 1. The van der Waals surface area contributed by atoms with Crippen LogP contribution in [0.3, 0.4) is 0 Å². The molecule has 3 nitrogen and oxygen atoms in total. The van der Waals surface area contributed by atoms with Gasteiger partial charge in [-0.15, -0.1) is 0 Å². The SMILES string of the molecule is NC1CCCCCC1C(=O)NC1CC2CC1C1CCCC21. The van der Waals surface area contributed by atoms with Crippen molar-refractivity contribution in [3.8, 4) is 0 Å². The fourth-order valence-electron chi connectivity index (χ4n) is 6.19. The molecule has 21 heavy (non-hydrogen) atoms. The van der Waals surface area contributed by atoms with Crippen LogP contribution in [-0.2, 0) is 4.79 Å². The Morgan fingerprint density at radius 2 is 1.67 bits per heavy atom. The van der Waals surface area contributed by atoms with E-state index in [-0.39, 0.29) is 17.9 Å². The van der Waals surface area contributed by atoms with Crippen LogP contribution in [0.4, 0.5) is 0 Å². The van der Waals surface area contributed by atoms with E-state index in [0.29, 0.717) is 6.04 Å². The maximum atomic E-state index is 12.7. The predicted molar refractivity (Wildman–Crippen MR) is 83.5 cm³/mol. The van der Waals surface area contributed by atoms with Crippen LogP contribution < -0.4 is 11.1 Å². The van der Waals surface area contributed by atoms with E-state index < -0.39 is 0 Å². The van der Waals surface area contributed by atoms with Gasteiger partial charge in [0, 0.05) is 12.1 Å². The Balaban J connectivity index is 1.39. The Kier molecular flexibility index (Phi) is 3.72. The zero-order valence-electron chi connectivity index (χ0n) is 13.1. The molecule has 4 aliphatic rings. The number of hydrogen-bond donors (Lipinski definition) is 2. The van der Waals surface area contributed by atoms with Gasteiger partial charge in [0.1, 0.15) is 0 Å². The van der Waals surface area contributed by atoms with Crippen molar-refractivity contribution >= 4 is 5.91 Å². The second kappa shape index (κ2) is 5.57. The highest BCUT2D eigenvalue weighted by Crippen LogP contribution is 2.58. The fraction of sp³-hybridized carbons (Fsp3) is 0.944. The van der Waals surface area contributed by atoms with Gasteiger partial charge < -0.3 is 11.1 Å². The zero-order valence-corrected chi connectivity index (χ0v) is 13.1. The quantitative estimate of drug-likeness (QED) is 0.768. The molecule has 7 atom stereocenters. The minimum atomic E-state index is 0.0750. The van der Waals surface area contributed by atoms with Gasteiger partial charge in [-0.2, -0.15) is 0 Å². The van der Waals surface area contributed by atoms with E-state index in [4.69, 9.17) is 5.73 Å². The van der Waals surface area contributed by atoms with E-state index in [1.165, 1.54) is 51.4 Å². The van der Waals surface area contributed by atoms with Crippen LogP contribution in [0.15, 0.2) is 0 Å². The molecule has 0 spiro atoms. The number of amides is 1. The molecule has 0 saturated heterocycles. The van der Waals surface area contributed by atoms with Gasteiger partial charge in [-0.3, -0.25) is 4.79 Å². The normalized spacial score (nSPS) is 48.9. The van der Waals surface area contributed by atoms with Crippen LogP contribution in [0.5, 0.6) is 0 Å². The van der Waals surface area contributed by atoms with E-state index in [1.807, 2.05) is 0 Å². The Morgan fingerprint density at radius 3 is 2.57 bits per heavy atom. The lowest BCUT2D eigenvalue weighted by Crippen LogP contribution is -2.48. The van der Waals surface area contributed by atoms with E-state index in [0.717, 1.165) is 36.5 Å². The summed E-state index contributed by atoms with van der Waals surface area (Å²) in [5.41, 5.74) is 6.25. The molecule has 2 bridgehead atoms. The highest BCUT2D eigenvalue weighted by molar-refractivity contribution is 5.79. The highest BCUT2D eigenvalue weighted by atomic mass is 16.2. The Labute approximate surface area is 128 Å². The first-order chi connectivity index (χ1) is 10.2. The van der Waals surface area contributed by atoms with Gasteiger partial charge in [0.2, 0.25) is 5.91 Å². The molecule has 7 unspecified atom stereocenters. The molecule has 0 aromatic rings. The topological polar surface area (TPSA) is 55.1 Å². The number of carbonyl (C=O) groups is 1. The Hall–Kier alpha value is -0.570. The molecule has 3 heteroatoms. The van der Waals surface area contributed by atoms with E-state index in [2.05, 4.69) is 5.32 Å². The smallest absolute Gasteiger partial charge is 0.224 e. The molecular formula is C18H30N2O. The predicted octanol–water partition coefficient (Wildman–Crippen LogP) is 2.83. The summed E-state index contributed by atoms with van der Waals surface area (Å²) in [4.78, 5) is 12.7. The molecule has 118 valence electrons. The molecule has 4 aliphatic carbocycles. The van der Waals surface area contributed by atoms with Crippen molar-refractivity contribution in [2.24, 2.45) is 35.3 Å². The lowest BCUT2D eigenvalue weighted by Gasteiger charge is -2.33. The van der Waals surface area contributed by atoms with Crippen LogP contribution in [0.2, 0.25) is 0 Å². The van der Waals surface area contributed by atoms with Crippen molar-refractivity contribution < 1.29 is 4.79 Å². The minimum Gasteiger partial charge on any atom is -0.353 e. The lowest BCUT2D eigenvalue weighted by atomic mass is 9.79. The average Bonchev–Trinajstić information content (AvgIpc) is 3.10. The second-order valence-corrected chi connectivity index (χ2v) is 8.18. The molecule has 1 amide bonds. The third-order valence-corrected chi connectivity index (χ3v) is 7.16. The molecule has 4 saturated carbocycles. The first-order valence-corrected chi connectivity index (χ1v) is 9.30. The molecule has 0 radical (unpaired) electrons. The van der Waals surface area contributed by atoms with Crippen molar-refractivity contribution in [1.82, 2.24) is 5.32 Å². The molecule has 4 rings (SSSR count). The van der Waals surface area contributed by atoms with Gasteiger partial charge in [-0.05, 0) is 62.2 Å². The van der Waals surface area contributed by atoms with Crippen molar-refractivity contribution in [1.29, 1.82) is 0 Å². The Bertz CT molecular complexity index is 410. The second-order valence-electron chi connectivity index (χ2n) is 8.18. The van der Waals surface area contributed by atoms with Crippen LogP contribution in [0.25, 0.3) is 0 Å². The fourth-order valence-corrected chi connectivity index (χ4v) is 6.19. The van der Waals surface area contributed by atoms with E-state index >= 15 is 0 Å². The van der Waals surface area contributed by atoms with Crippen molar-refractivity contribution in [2.45, 2.75) is 76.3 Å². The summed E-state index contributed by atoms with van der Waals surface area (Å²) >= 11 is 0. The van der Waals surface area contributed by atoms with Crippen LogP contribution in [0.1, 0.15) is 64.2 Å². The monoisotopic (exact) mass is 290 g/mol. The number of fused-ring (bicyclic) bond motifs is 5. The van der Waals surface area contributed by atoms with Crippen molar-refractivity contribution in [3.63, 3.8) is 0 Å². The van der Waals surface area contributed by atoms with Gasteiger partial charge in [-0.1, -0.05) is 25.7 Å². The van der Waals surface area contributed by atoms with Crippen LogP contribution >= 0.6 is 0 Å². The molecule has 0 heterocycles. The third-order valence-electron chi connectivity index (χ3n) is 7.16. The van der Waals surface area contributed by atoms with Gasteiger partial charge in [0.15, 0.2) is 0 Å². The van der Waals surface area contributed by atoms with Crippen LogP contribution in [0, 0.1) is 29.6 Å². The number of rotatable bonds is 2. The average molecular weight is 290 g/mol. The summed E-state index contributed by atoms with van der Waals surface area (Å²) in [6.07, 6.45) is 12.6. The highest BCUT2D eigenvalue weighted by Gasteiger charge is 2.54. The minimum absolute atomic E-state index is 0.0750. The van der Waals surface area contributed by atoms with E-state index in [1.54, 1.807) is 0 Å². The van der Waals surface area contributed by atoms with E-state index in [9.17, 15) is 4.79 Å². The van der Waals surface area contributed by atoms with Gasteiger partial charge in [0.25, 0.3) is 0 Å². The maximum Gasteiger partial charge on any atom is 0.224 e. The summed E-state index contributed by atoms with van der Waals surface area (Å²) in [5, 5.41) is 3.43. The number of hydrogen-bond acceptors (Lipinski definition) is 2. The molecule has 3 N–H and O–H groups in total. The number of nitrogens with two attached hydrogens (primary N) is 1. The van der Waals surface area contributed by atoms with Crippen LogP contribution in [-0.4, -0.2) is 18.0 Å². The first kappa shape index (κ1) is 14.0. The van der Waals surface area contributed by atoms with Gasteiger partial charge in [0.05, 0.1) is 5.92 Å². The molecule has 4 fully saturated rings. The first-order valence-electron chi connectivity index (χ1n) is 9.30. The largest absolute Gasteiger partial charge is 0.353 e. The third kappa shape index (κ3) is 2.42. The zero-order chi connectivity index (χ0) is 14.4.